The lowest BCUT2D eigenvalue weighted by molar-refractivity contribution is -0.117. The van der Waals surface area contributed by atoms with Gasteiger partial charge in [0.2, 0.25) is 5.91 Å². The van der Waals surface area contributed by atoms with Crippen LogP contribution < -0.4 is 5.32 Å². The molecule has 7 nitrogen and oxygen atoms in total. The van der Waals surface area contributed by atoms with Gasteiger partial charge in [0.15, 0.2) is 5.82 Å². The lowest BCUT2D eigenvalue weighted by Crippen LogP contribution is -2.39. The second-order valence-electron chi connectivity index (χ2n) is 7.07. The number of nitrogens with one attached hydrogen (secondary N) is 2. The summed E-state index contributed by atoms with van der Waals surface area (Å²) in [5, 5.41) is 7.02. The second kappa shape index (κ2) is 6.92. The van der Waals surface area contributed by atoms with Crippen LogP contribution in [0, 0.1) is 6.92 Å². The van der Waals surface area contributed by atoms with Crippen molar-refractivity contribution in [1.82, 2.24) is 24.6 Å². The van der Waals surface area contributed by atoms with E-state index in [1.165, 1.54) is 5.56 Å². The van der Waals surface area contributed by atoms with Gasteiger partial charge in [0, 0.05) is 25.2 Å². The van der Waals surface area contributed by atoms with Crippen molar-refractivity contribution >= 4 is 22.8 Å². The molecule has 1 aliphatic heterocycles. The quantitative estimate of drug-likeness (QED) is 0.756. The molecule has 3 aromatic rings. The Hall–Kier alpha value is -2.67. The fourth-order valence-corrected chi connectivity index (χ4v) is 3.62. The van der Waals surface area contributed by atoms with E-state index in [-0.39, 0.29) is 5.91 Å². The zero-order valence-corrected chi connectivity index (χ0v) is 15.2. The first kappa shape index (κ1) is 16.8. The van der Waals surface area contributed by atoms with Gasteiger partial charge in [-0.25, -0.2) is 4.98 Å². The summed E-state index contributed by atoms with van der Waals surface area (Å²) in [4.78, 5) is 22.7. The summed E-state index contributed by atoms with van der Waals surface area (Å²) in [6.07, 6.45) is 3.83. The number of aromatic nitrogens is 4. The van der Waals surface area contributed by atoms with E-state index in [1.807, 2.05) is 13.2 Å². The van der Waals surface area contributed by atoms with Gasteiger partial charge >= 0.3 is 0 Å². The van der Waals surface area contributed by atoms with Gasteiger partial charge in [-0.2, -0.15) is 5.10 Å². The fourth-order valence-electron chi connectivity index (χ4n) is 3.62. The Morgan fingerprint density at radius 2 is 2.12 bits per heavy atom. The Bertz CT molecular complexity index is 919. The molecule has 0 radical (unpaired) electrons. The third kappa shape index (κ3) is 3.48. The summed E-state index contributed by atoms with van der Waals surface area (Å²) in [5.41, 5.74) is 3.38. The largest absolute Gasteiger partial charge is 0.342 e. The number of benzene rings is 1. The van der Waals surface area contributed by atoms with Gasteiger partial charge < -0.3 is 10.3 Å². The van der Waals surface area contributed by atoms with Gasteiger partial charge in [0.25, 0.3) is 0 Å². The number of H-pyrrole nitrogens is 1. The molecular formula is C19H24N6O. The van der Waals surface area contributed by atoms with Crippen molar-refractivity contribution in [3.8, 4) is 0 Å². The van der Waals surface area contributed by atoms with E-state index in [0.717, 1.165) is 42.8 Å². The van der Waals surface area contributed by atoms with E-state index in [4.69, 9.17) is 4.98 Å². The predicted octanol–water partition coefficient (Wildman–Crippen LogP) is 2.42. The second-order valence-corrected chi connectivity index (χ2v) is 7.07. The minimum absolute atomic E-state index is 0.0125. The number of carbonyl (C=O) groups is 1. The minimum atomic E-state index is -0.0125. The van der Waals surface area contributed by atoms with Crippen molar-refractivity contribution in [3.05, 3.63) is 41.9 Å². The van der Waals surface area contributed by atoms with Crippen LogP contribution in [0.25, 0.3) is 11.0 Å². The molecule has 0 unspecified atom stereocenters. The van der Waals surface area contributed by atoms with Crippen LogP contribution in [0.15, 0.2) is 30.5 Å². The lowest BCUT2D eigenvalue weighted by atomic mass is 9.96. The number of nitrogens with zero attached hydrogens (tertiary/aromatic N) is 4. The molecule has 2 aromatic heterocycles. The number of anilines is 1. The molecule has 0 atom stereocenters. The zero-order valence-electron chi connectivity index (χ0n) is 15.2. The van der Waals surface area contributed by atoms with E-state index >= 15 is 0 Å². The summed E-state index contributed by atoms with van der Waals surface area (Å²) in [5.74, 6) is 2.09. The fraction of sp³-hybridized carbons (Fsp3) is 0.421. The molecule has 7 heteroatoms. The number of piperidine rings is 1. The van der Waals surface area contributed by atoms with Crippen molar-refractivity contribution in [2.45, 2.75) is 25.7 Å². The number of hydrogen-bond acceptors (Lipinski definition) is 4. The first-order valence-electron chi connectivity index (χ1n) is 9.05. The van der Waals surface area contributed by atoms with E-state index < -0.39 is 0 Å². The molecule has 0 bridgehead atoms. The highest BCUT2D eigenvalue weighted by Gasteiger charge is 2.24. The summed E-state index contributed by atoms with van der Waals surface area (Å²) < 4.78 is 1.68. The molecule has 0 aliphatic carbocycles. The Morgan fingerprint density at radius 1 is 1.31 bits per heavy atom. The monoisotopic (exact) mass is 352 g/mol. The number of imidazole rings is 1. The topological polar surface area (TPSA) is 78.8 Å². The number of carbonyl (C=O) groups excluding carboxylic acids is 1. The van der Waals surface area contributed by atoms with Gasteiger partial charge in [-0.3, -0.25) is 14.4 Å². The third-order valence-electron chi connectivity index (χ3n) is 5.06. The van der Waals surface area contributed by atoms with Crippen LogP contribution in [0.5, 0.6) is 0 Å². The summed E-state index contributed by atoms with van der Waals surface area (Å²) in [7, 11) is 1.83. The summed E-state index contributed by atoms with van der Waals surface area (Å²) >= 11 is 0. The molecule has 3 heterocycles. The van der Waals surface area contributed by atoms with Crippen molar-refractivity contribution in [2.75, 3.05) is 25.0 Å². The van der Waals surface area contributed by atoms with Crippen LogP contribution >= 0.6 is 0 Å². The van der Waals surface area contributed by atoms with Gasteiger partial charge in [-0.15, -0.1) is 0 Å². The van der Waals surface area contributed by atoms with Gasteiger partial charge in [-0.1, -0.05) is 12.1 Å². The summed E-state index contributed by atoms with van der Waals surface area (Å²) in [6.45, 7) is 4.30. The van der Waals surface area contributed by atoms with Gasteiger partial charge in [-0.05, 0) is 44.5 Å². The minimum Gasteiger partial charge on any atom is -0.342 e. The Morgan fingerprint density at radius 3 is 2.81 bits per heavy atom. The molecule has 0 spiro atoms. The molecule has 26 heavy (non-hydrogen) atoms. The van der Waals surface area contributed by atoms with Crippen LogP contribution in [0.2, 0.25) is 0 Å². The molecular weight excluding hydrogens is 328 g/mol. The number of fused-ring (bicyclic) bond motifs is 1. The number of likely N-dealkylation sites (tertiary alicyclic amines) is 1. The SMILES string of the molecule is Cc1cccc2[nH]c(C3CCN(CC(=O)Nc4ccn(C)n4)CC3)nc12. The molecule has 1 fully saturated rings. The molecule has 1 aromatic carbocycles. The van der Waals surface area contributed by atoms with Crippen molar-refractivity contribution in [2.24, 2.45) is 7.05 Å². The van der Waals surface area contributed by atoms with Gasteiger partial charge in [0.1, 0.15) is 5.82 Å². The highest BCUT2D eigenvalue weighted by Crippen LogP contribution is 2.28. The van der Waals surface area contributed by atoms with Crippen molar-refractivity contribution in [3.63, 3.8) is 0 Å². The van der Waals surface area contributed by atoms with E-state index in [9.17, 15) is 4.79 Å². The maximum Gasteiger partial charge on any atom is 0.239 e. The van der Waals surface area contributed by atoms with Crippen LogP contribution in [-0.4, -0.2) is 50.2 Å². The maximum atomic E-state index is 12.2. The van der Waals surface area contributed by atoms with Crippen molar-refractivity contribution in [1.29, 1.82) is 0 Å². The first-order chi connectivity index (χ1) is 12.6. The Labute approximate surface area is 152 Å². The number of rotatable bonds is 4. The lowest BCUT2D eigenvalue weighted by Gasteiger charge is -2.30. The molecule has 2 N–H and O–H groups in total. The highest BCUT2D eigenvalue weighted by molar-refractivity contribution is 5.91. The highest BCUT2D eigenvalue weighted by atomic mass is 16.2. The number of hydrogen-bond donors (Lipinski definition) is 2. The zero-order chi connectivity index (χ0) is 18.1. The van der Waals surface area contributed by atoms with Crippen molar-refractivity contribution < 1.29 is 4.79 Å². The maximum absolute atomic E-state index is 12.2. The number of aryl methyl sites for hydroxylation is 2. The van der Waals surface area contributed by atoms with Crippen LogP contribution in [-0.2, 0) is 11.8 Å². The summed E-state index contributed by atoms with van der Waals surface area (Å²) in [6, 6.07) is 8.03. The first-order valence-corrected chi connectivity index (χ1v) is 9.05. The van der Waals surface area contributed by atoms with Crippen LogP contribution in [0.1, 0.15) is 30.1 Å². The standard InChI is InChI=1S/C19H24N6O/c1-13-4-3-5-15-18(13)22-19(20-15)14-6-10-25(11-7-14)12-17(26)21-16-8-9-24(2)23-16/h3-5,8-9,14H,6-7,10-12H2,1-2H3,(H,20,22)(H,21,23,26). The predicted molar refractivity (Wildman–Crippen MR) is 101 cm³/mol. The Kier molecular flexibility index (Phi) is 4.46. The van der Waals surface area contributed by atoms with Crippen LogP contribution in [0.4, 0.5) is 5.82 Å². The molecule has 1 aliphatic rings. The molecule has 1 saturated heterocycles. The molecule has 136 valence electrons. The molecule has 4 rings (SSSR count). The molecule has 1 amide bonds. The van der Waals surface area contributed by atoms with Gasteiger partial charge in [0.05, 0.1) is 17.6 Å². The average molecular weight is 352 g/mol. The van der Waals surface area contributed by atoms with E-state index in [1.54, 1.807) is 10.7 Å². The van der Waals surface area contributed by atoms with Crippen LogP contribution in [0.3, 0.4) is 0 Å². The normalized spacial score (nSPS) is 16.2. The van der Waals surface area contributed by atoms with E-state index in [2.05, 4.69) is 45.4 Å². The third-order valence-corrected chi connectivity index (χ3v) is 5.06. The Balaban J connectivity index is 1.33. The number of amides is 1. The smallest absolute Gasteiger partial charge is 0.239 e. The van der Waals surface area contributed by atoms with E-state index in [0.29, 0.717) is 18.3 Å². The number of aromatic amines is 1. The average Bonchev–Trinajstić information content (AvgIpc) is 3.22. The molecule has 0 saturated carbocycles. The number of para-hydroxylation sites is 1.